The Morgan fingerprint density at radius 2 is 1.44 bits per heavy atom. The van der Waals surface area contributed by atoms with Crippen LogP contribution in [0.1, 0.15) is 36.8 Å². The van der Waals surface area contributed by atoms with Gasteiger partial charge in [-0.15, -0.1) is 0 Å². The lowest BCUT2D eigenvalue weighted by Gasteiger charge is -2.36. The summed E-state index contributed by atoms with van der Waals surface area (Å²) in [6.45, 7) is 2.44. The summed E-state index contributed by atoms with van der Waals surface area (Å²) in [7, 11) is -3.46. The first-order valence-electron chi connectivity index (χ1n) is 11.6. The second-order valence-electron chi connectivity index (χ2n) is 8.89. The van der Waals surface area contributed by atoms with Crippen molar-refractivity contribution in [2.24, 2.45) is 11.8 Å². The van der Waals surface area contributed by atoms with Crippen LogP contribution in [0.25, 0.3) is 6.08 Å². The number of likely N-dealkylation sites (tertiary alicyclic amines) is 1. The molecule has 0 aliphatic carbocycles. The summed E-state index contributed by atoms with van der Waals surface area (Å²) in [6, 6.07) is 20.0. The van der Waals surface area contributed by atoms with Gasteiger partial charge in [0, 0.05) is 37.5 Å². The Morgan fingerprint density at radius 3 is 2.06 bits per heavy atom. The van der Waals surface area contributed by atoms with Gasteiger partial charge < -0.3 is 4.90 Å². The molecule has 0 unspecified atom stereocenters. The second kappa shape index (κ2) is 10.5. The Bertz CT molecular complexity index is 1010. The number of rotatable bonds is 6. The molecule has 6 heteroatoms. The molecule has 5 nitrogen and oxygen atoms in total. The zero-order chi connectivity index (χ0) is 22.4. The minimum absolute atomic E-state index is 0.0646. The Labute approximate surface area is 191 Å². The van der Waals surface area contributed by atoms with E-state index in [1.54, 1.807) is 6.08 Å². The number of amides is 1. The van der Waals surface area contributed by atoms with E-state index in [4.69, 9.17) is 0 Å². The Hall–Kier alpha value is -2.44. The monoisotopic (exact) mass is 452 g/mol. The van der Waals surface area contributed by atoms with Crippen LogP contribution >= 0.6 is 0 Å². The van der Waals surface area contributed by atoms with Crippen molar-refractivity contribution in [2.45, 2.75) is 32.1 Å². The minimum Gasteiger partial charge on any atom is -0.342 e. The number of carbonyl (C=O) groups is 1. The third-order valence-corrected chi connectivity index (χ3v) is 8.25. The average Bonchev–Trinajstić information content (AvgIpc) is 2.84. The van der Waals surface area contributed by atoms with Crippen LogP contribution in [0.15, 0.2) is 66.1 Å². The summed E-state index contributed by atoms with van der Waals surface area (Å²) in [4.78, 5) is 15.0. The average molecular weight is 453 g/mol. The first-order chi connectivity index (χ1) is 15.5. The molecule has 0 spiro atoms. The van der Waals surface area contributed by atoms with Gasteiger partial charge in [-0.2, -0.15) is 4.31 Å². The lowest BCUT2D eigenvalue weighted by Crippen LogP contribution is -2.46. The molecule has 32 heavy (non-hydrogen) atoms. The molecule has 2 heterocycles. The van der Waals surface area contributed by atoms with Gasteiger partial charge in [-0.25, -0.2) is 8.42 Å². The van der Waals surface area contributed by atoms with E-state index in [2.05, 4.69) is 24.3 Å². The van der Waals surface area contributed by atoms with Gasteiger partial charge >= 0.3 is 0 Å². The number of piperidine rings is 2. The van der Waals surface area contributed by atoms with Crippen LogP contribution in [0, 0.1) is 11.8 Å². The van der Waals surface area contributed by atoms with E-state index in [1.165, 1.54) is 15.3 Å². The number of hydrogen-bond donors (Lipinski definition) is 0. The van der Waals surface area contributed by atoms with Gasteiger partial charge in [-0.05, 0) is 55.2 Å². The Balaban J connectivity index is 1.24. The fraction of sp³-hybridized carbons (Fsp3) is 0.423. The van der Waals surface area contributed by atoms with E-state index in [0.29, 0.717) is 31.8 Å². The molecule has 2 aromatic rings. The molecule has 2 saturated heterocycles. The van der Waals surface area contributed by atoms with Gasteiger partial charge in [0.05, 0.1) is 0 Å². The van der Waals surface area contributed by atoms with Gasteiger partial charge in [0.1, 0.15) is 0 Å². The quantitative estimate of drug-likeness (QED) is 0.661. The van der Waals surface area contributed by atoms with E-state index < -0.39 is 10.0 Å². The SMILES string of the molecule is O=C(C1CCN(S(=O)(=O)/C=C/c2ccccc2)CC1)N1CCC(Cc2ccccc2)CC1. The van der Waals surface area contributed by atoms with Crippen molar-refractivity contribution in [1.82, 2.24) is 9.21 Å². The fourth-order valence-corrected chi connectivity index (χ4v) is 5.96. The first-order valence-corrected chi connectivity index (χ1v) is 13.1. The molecular formula is C26H32N2O3S. The second-order valence-corrected chi connectivity index (χ2v) is 10.7. The van der Waals surface area contributed by atoms with E-state index in [9.17, 15) is 13.2 Å². The number of carbonyl (C=O) groups excluding carboxylic acids is 1. The molecular weight excluding hydrogens is 420 g/mol. The predicted octanol–water partition coefficient (Wildman–Crippen LogP) is 4.18. The first kappa shape index (κ1) is 22.7. The van der Waals surface area contributed by atoms with E-state index in [0.717, 1.165) is 37.9 Å². The summed E-state index contributed by atoms with van der Waals surface area (Å²) >= 11 is 0. The van der Waals surface area contributed by atoms with Crippen molar-refractivity contribution in [3.05, 3.63) is 77.2 Å². The molecule has 170 valence electrons. The zero-order valence-corrected chi connectivity index (χ0v) is 19.3. The lowest BCUT2D eigenvalue weighted by molar-refractivity contribution is -0.138. The van der Waals surface area contributed by atoms with Crippen LogP contribution < -0.4 is 0 Å². The topological polar surface area (TPSA) is 57.7 Å². The van der Waals surface area contributed by atoms with Crippen molar-refractivity contribution < 1.29 is 13.2 Å². The Morgan fingerprint density at radius 1 is 0.844 bits per heavy atom. The molecule has 2 aliphatic heterocycles. The zero-order valence-electron chi connectivity index (χ0n) is 18.5. The highest BCUT2D eigenvalue weighted by molar-refractivity contribution is 7.92. The van der Waals surface area contributed by atoms with Crippen molar-refractivity contribution in [1.29, 1.82) is 0 Å². The van der Waals surface area contributed by atoms with Gasteiger partial charge in [-0.1, -0.05) is 60.7 Å². The van der Waals surface area contributed by atoms with Gasteiger partial charge in [-0.3, -0.25) is 4.79 Å². The van der Waals surface area contributed by atoms with Crippen LogP contribution in [0.3, 0.4) is 0 Å². The van der Waals surface area contributed by atoms with Crippen LogP contribution in [-0.2, 0) is 21.2 Å². The third kappa shape index (κ3) is 5.87. The maximum Gasteiger partial charge on any atom is 0.236 e. The van der Waals surface area contributed by atoms with Crippen LogP contribution in [0.2, 0.25) is 0 Å². The maximum atomic E-state index is 13.0. The highest BCUT2D eigenvalue weighted by Gasteiger charge is 2.33. The molecule has 0 bridgehead atoms. The molecule has 0 saturated carbocycles. The number of sulfonamides is 1. The smallest absolute Gasteiger partial charge is 0.236 e. The van der Waals surface area contributed by atoms with Crippen LogP contribution in [-0.4, -0.2) is 49.7 Å². The molecule has 0 aromatic heterocycles. The van der Waals surface area contributed by atoms with Gasteiger partial charge in [0.25, 0.3) is 0 Å². The highest BCUT2D eigenvalue weighted by atomic mass is 32.2. The summed E-state index contributed by atoms with van der Waals surface area (Å²) in [6.07, 6.45) is 5.99. The van der Waals surface area contributed by atoms with E-state index in [1.807, 2.05) is 41.3 Å². The third-order valence-electron chi connectivity index (χ3n) is 6.69. The van der Waals surface area contributed by atoms with Gasteiger partial charge in [0.15, 0.2) is 0 Å². The highest BCUT2D eigenvalue weighted by Crippen LogP contribution is 2.27. The molecule has 2 aromatic carbocycles. The molecule has 0 atom stereocenters. The molecule has 0 radical (unpaired) electrons. The lowest BCUT2D eigenvalue weighted by atomic mass is 9.89. The largest absolute Gasteiger partial charge is 0.342 e. The van der Waals surface area contributed by atoms with Crippen molar-refractivity contribution in [3.63, 3.8) is 0 Å². The van der Waals surface area contributed by atoms with E-state index >= 15 is 0 Å². The van der Waals surface area contributed by atoms with Crippen LogP contribution in [0.4, 0.5) is 0 Å². The van der Waals surface area contributed by atoms with Crippen molar-refractivity contribution >= 4 is 22.0 Å². The minimum atomic E-state index is -3.46. The summed E-state index contributed by atoms with van der Waals surface area (Å²) in [5, 5.41) is 1.28. The van der Waals surface area contributed by atoms with E-state index in [-0.39, 0.29) is 11.8 Å². The van der Waals surface area contributed by atoms with Gasteiger partial charge in [0.2, 0.25) is 15.9 Å². The van der Waals surface area contributed by atoms with Crippen LogP contribution in [0.5, 0.6) is 0 Å². The summed E-state index contributed by atoms with van der Waals surface area (Å²) in [5.74, 6) is 0.773. The summed E-state index contributed by atoms with van der Waals surface area (Å²) < 4.78 is 26.8. The number of nitrogens with zero attached hydrogens (tertiary/aromatic N) is 2. The molecule has 2 fully saturated rings. The predicted molar refractivity (Wildman–Crippen MR) is 128 cm³/mol. The maximum absolute atomic E-state index is 13.0. The number of hydrogen-bond acceptors (Lipinski definition) is 3. The number of benzene rings is 2. The molecule has 1 amide bonds. The van der Waals surface area contributed by atoms with Crippen molar-refractivity contribution in [3.8, 4) is 0 Å². The summed E-state index contributed by atoms with van der Waals surface area (Å²) in [5.41, 5.74) is 2.23. The van der Waals surface area contributed by atoms with Crippen molar-refractivity contribution in [2.75, 3.05) is 26.2 Å². The molecule has 2 aliphatic rings. The normalized spacial score (nSPS) is 19.4. The standard InChI is InChI=1S/C26H32N2O3S/c29-26(27-16-11-24(12-17-27)21-23-9-5-2-6-10-23)25-13-18-28(19-14-25)32(30,31)20-15-22-7-3-1-4-8-22/h1-10,15,20,24-25H,11-14,16-19,21H2/b20-15+. The molecule has 4 rings (SSSR count). The molecule has 0 N–H and O–H groups in total. The Kier molecular flexibility index (Phi) is 7.43. The fourth-order valence-electron chi connectivity index (χ4n) is 4.74.